The topological polar surface area (TPSA) is 78.8 Å². The zero-order valence-corrected chi connectivity index (χ0v) is 14.1. The Labute approximate surface area is 138 Å². The quantitative estimate of drug-likeness (QED) is 0.545. The summed E-state index contributed by atoms with van der Waals surface area (Å²) in [6.45, 7) is 5.27. The molecule has 0 aliphatic heterocycles. The fourth-order valence-corrected chi connectivity index (χ4v) is 2.50. The summed E-state index contributed by atoms with van der Waals surface area (Å²) in [6, 6.07) is 9.59. The molecule has 1 rings (SSSR count). The van der Waals surface area contributed by atoms with Gasteiger partial charge in [0.2, 0.25) is 0 Å². The highest BCUT2D eigenvalue weighted by molar-refractivity contribution is 5.64. The number of carbonyl (C=O) groups is 1. The zero-order chi connectivity index (χ0) is 17.1. The Morgan fingerprint density at radius 2 is 1.91 bits per heavy atom. The predicted molar refractivity (Wildman–Crippen MR) is 90.4 cm³/mol. The molecule has 3 N–H and O–H groups in total. The average Bonchev–Trinajstić information content (AvgIpc) is 2.50. The van der Waals surface area contributed by atoms with Crippen LogP contribution in [0.3, 0.4) is 0 Å². The van der Waals surface area contributed by atoms with Crippen molar-refractivity contribution in [3.8, 4) is 0 Å². The highest BCUT2D eigenvalue weighted by Gasteiger charge is 2.21. The van der Waals surface area contributed by atoms with Gasteiger partial charge in [-0.2, -0.15) is 0 Å². The number of rotatable bonds is 11. The summed E-state index contributed by atoms with van der Waals surface area (Å²) >= 11 is 0. The third-order valence-corrected chi connectivity index (χ3v) is 3.65. The molecule has 0 saturated carbocycles. The van der Waals surface area contributed by atoms with E-state index in [9.17, 15) is 9.90 Å². The molecule has 5 heteroatoms. The lowest BCUT2D eigenvalue weighted by Crippen LogP contribution is -2.43. The molecule has 0 bridgehead atoms. The van der Waals surface area contributed by atoms with Crippen molar-refractivity contribution in [1.82, 2.24) is 5.32 Å². The number of amides is 1. The molecule has 0 heterocycles. The van der Waals surface area contributed by atoms with Gasteiger partial charge in [-0.05, 0) is 37.2 Å². The second-order valence-electron chi connectivity index (χ2n) is 6.29. The van der Waals surface area contributed by atoms with Crippen LogP contribution in [0.2, 0.25) is 0 Å². The molecule has 130 valence electrons. The van der Waals surface area contributed by atoms with Crippen molar-refractivity contribution in [2.45, 2.75) is 58.3 Å². The number of hydrogen-bond donors (Lipinski definition) is 3. The normalized spacial score (nSPS) is 13.7. The molecule has 0 radical (unpaired) electrons. The van der Waals surface area contributed by atoms with E-state index in [0.717, 1.165) is 18.4 Å². The van der Waals surface area contributed by atoms with Crippen molar-refractivity contribution < 1.29 is 19.7 Å². The molecule has 0 saturated heterocycles. The smallest absolute Gasteiger partial charge is 0.404 e. The maximum Gasteiger partial charge on any atom is 0.404 e. The number of aliphatic hydroxyl groups excluding tert-OH is 1. The zero-order valence-electron chi connectivity index (χ0n) is 14.1. The SMILES string of the molecule is CC(C)C[C@@H](NC(=O)O)C(O)CCCCOCc1ccccc1. The van der Waals surface area contributed by atoms with Crippen molar-refractivity contribution in [3.63, 3.8) is 0 Å². The van der Waals surface area contributed by atoms with Crippen molar-refractivity contribution in [2.24, 2.45) is 5.92 Å². The maximum absolute atomic E-state index is 10.8. The van der Waals surface area contributed by atoms with E-state index in [1.165, 1.54) is 0 Å². The van der Waals surface area contributed by atoms with Crippen molar-refractivity contribution in [3.05, 3.63) is 35.9 Å². The van der Waals surface area contributed by atoms with Gasteiger partial charge in [0, 0.05) is 6.61 Å². The average molecular weight is 323 g/mol. The second kappa shape index (κ2) is 11.0. The maximum atomic E-state index is 10.8. The molecule has 0 fully saturated rings. The van der Waals surface area contributed by atoms with Gasteiger partial charge >= 0.3 is 6.09 Å². The Morgan fingerprint density at radius 1 is 1.22 bits per heavy atom. The van der Waals surface area contributed by atoms with Crippen LogP contribution < -0.4 is 5.32 Å². The van der Waals surface area contributed by atoms with Crippen LogP contribution in [0.4, 0.5) is 4.79 Å². The number of unbranched alkanes of at least 4 members (excludes halogenated alkanes) is 1. The van der Waals surface area contributed by atoms with Crippen LogP contribution >= 0.6 is 0 Å². The van der Waals surface area contributed by atoms with Crippen LogP contribution in [0.1, 0.15) is 45.1 Å². The van der Waals surface area contributed by atoms with E-state index in [4.69, 9.17) is 9.84 Å². The third-order valence-electron chi connectivity index (χ3n) is 3.65. The second-order valence-corrected chi connectivity index (χ2v) is 6.29. The molecule has 0 aromatic heterocycles. The van der Waals surface area contributed by atoms with Crippen LogP contribution in [0.5, 0.6) is 0 Å². The predicted octanol–water partition coefficient (Wildman–Crippen LogP) is 3.42. The van der Waals surface area contributed by atoms with Gasteiger partial charge in [-0.3, -0.25) is 0 Å². The Kier molecular flexibility index (Phi) is 9.33. The van der Waals surface area contributed by atoms with Gasteiger partial charge in [-0.1, -0.05) is 44.2 Å². The fourth-order valence-electron chi connectivity index (χ4n) is 2.50. The van der Waals surface area contributed by atoms with Crippen LogP contribution in [-0.4, -0.2) is 35.1 Å². The molecular weight excluding hydrogens is 294 g/mol. The van der Waals surface area contributed by atoms with Gasteiger partial charge < -0.3 is 20.3 Å². The van der Waals surface area contributed by atoms with Crippen molar-refractivity contribution in [1.29, 1.82) is 0 Å². The summed E-state index contributed by atoms with van der Waals surface area (Å²) in [5.74, 6) is 0.329. The third kappa shape index (κ3) is 9.21. The lowest BCUT2D eigenvalue weighted by atomic mass is 9.96. The standard InChI is InChI=1S/C18H29NO4/c1-14(2)12-16(19-18(21)22)17(20)10-6-7-11-23-13-15-8-4-3-5-9-15/h3-5,8-9,14,16-17,19-20H,6-7,10-13H2,1-2H3,(H,21,22)/t16-,17?/m1/s1. The number of ether oxygens (including phenoxy) is 1. The number of nitrogens with one attached hydrogen (secondary N) is 1. The number of benzene rings is 1. The summed E-state index contributed by atoms with van der Waals surface area (Å²) in [4.78, 5) is 10.8. The summed E-state index contributed by atoms with van der Waals surface area (Å²) in [7, 11) is 0. The van der Waals surface area contributed by atoms with Crippen LogP contribution in [-0.2, 0) is 11.3 Å². The molecule has 1 aromatic rings. The molecule has 0 aliphatic carbocycles. The van der Waals surface area contributed by atoms with E-state index in [2.05, 4.69) is 5.32 Å². The molecule has 0 spiro atoms. The molecule has 1 aromatic carbocycles. The first kappa shape index (κ1) is 19.5. The van der Waals surface area contributed by atoms with Gasteiger partial charge in [0.25, 0.3) is 0 Å². The number of hydrogen-bond acceptors (Lipinski definition) is 3. The largest absolute Gasteiger partial charge is 0.465 e. The lowest BCUT2D eigenvalue weighted by molar-refractivity contribution is 0.0891. The van der Waals surface area contributed by atoms with Gasteiger partial charge in [0.1, 0.15) is 0 Å². The van der Waals surface area contributed by atoms with Gasteiger partial charge in [0.15, 0.2) is 0 Å². The Morgan fingerprint density at radius 3 is 2.52 bits per heavy atom. The summed E-state index contributed by atoms with van der Waals surface area (Å²) in [5, 5.41) is 21.4. The van der Waals surface area contributed by atoms with Gasteiger partial charge in [-0.15, -0.1) is 0 Å². The van der Waals surface area contributed by atoms with E-state index in [-0.39, 0.29) is 0 Å². The summed E-state index contributed by atoms with van der Waals surface area (Å²) in [6.07, 6.45) is 1.14. The minimum atomic E-state index is -1.08. The van der Waals surface area contributed by atoms with E-state index in [1.54, 1.807) is 0 Å². The molecule has 2 atom stereocenters. The number of aliphatic hydroxyl groups is 1. The van der Waals surface area contributed by atoms with Crippen LogP contribution in [0.15, 0.2) is 30.3 Å². The van der Waals surface area contributed by atoms with Crippen molar-refractivity contribution >= 4 is 6.09 Å². The highest BCUT2D eigenvalue weighted by Crippen LogP contribution is 2.13. The van der Waals surface area contributed by atoms with E-state index in [1.807, 2.05) is 44.2 Å². The molecule has 1 unspecified atom stereocenters. The van der Waals surface area contributed by atoms with Gasteiger partial charge in [-0.25, -0.2) is 4.79 Å². The molecule has 1 amide bonds. The fraction of sp³-hybridized carbons (Fsp3) is 0.611. The van der Waals surface area contributed by atoms with Crippen molar-refractivity contribution in [2.75, 3.05) is 6.61 Å². The summed E-state index contributed by atoms with van der Waals surface area (Å²) < 4.78 is 5.60. The first-order valence-corrected chi connectivity index (χ1v) is 8.28. The molecule has 23 heavy (non-hydrogen) atoms. The molecular formula is C18H29NO4. The lowest BCUT2D eigenvalue weighted by Gasteiger charge is -2.24. The Bertz CT molecular complexity index is 436. The van der Waals surface area contributed by atoms with E-state index < -0.39 is 18.2 Å². The molecule has 0 aliphatic rings. The van der Waals surface area contributed by atoms with Crippen LogP contribution in [0, 0.1) is 5.92 Å². The first-order valence-electron chi connectivity index (χ1n) is 8.28. The number of carboxylic acid groups (broad SMARTS) is 1. The molecule has 5 nitrogen and oxygen atoms in total. The Hall–Kier alpha value is -1.59. The van der Waals surface area contributed by atoms with E-state index in [0.29, 0.717) is 32.0 Å². The van der Waals surface area contributed by atoms with Gasteiger partial charge in [0.05, 0.1) is 18.8 Å². The Balaban J connectivity index is 2.18. The minimum Gasteiger partial charge on any atom is -0.465 e. The van der Waals surface area contributed by atoms with E-state index >= 15 is 0 Å². The first-order chi connectivity index (χ1) is 11.0. The monoisotopic (exact) mass is 323 g/mol. The minimum absolute atomic E-state index is 0.329. The highest BCUT2D eigenvalue weighted by atomic mass is 16.5. The summed E-state index contributed by atoms with van der Waals surface area (Å²) in [5.41, 5.74) is 1.15. The van der Waals surface area contributed by atoms with Crippen LogP contribution in [0.25, 0.3) is 0 Å².